The Balaban J connectivity index is 2.26. The summed E-state index contributed by atoms with van der Waals surface area (Å²) in [6.07, 6.45) is 3.07. The molecule has 6 heteroatoms. The number of halogens is 3. The summed E-state index contributed by atoms with van der Waals surface area (Å²) in [7, 11) is 0. The van der Waals surface area contributed by atoms with Crippen molar-refractivity contribution >= 4 is 17.1 Å². The number of pyridine rings is 1. The van der Waals surface area contributed by atoms with Crippen molar-refractivity contribution in [1.29, 1.82) is 0 Å². The van der Waals surface area contributed by atoms with Crippen molar-refractivity contribution in [2.24, 2.45) is 0 Å². The quantitative estimate of drug-likeness (QED) is 0.830. The smallest absolute Gasteiger partial charge is 0.196 e. The van der Waals surface area contributed by atoms with E-state index in [4.69, 9.17) is 0 Å². The molecule has 2 aromatic rings. The van der Waals surface area contributed by atoms with Crippen molar-refractivity contribution in [3.05, 3.63) is 48.0 Å². The predicted octanol–water partition coefficient (Wildman–Crippen LogP) is 3.67. The van der Waals surface area contributed by atoms with Gasteiger partial charge >= 0.3 is 0 Å². The molecule has 0 aliphatic heterocycles. The number of nitrogens with one attached hydrogen (secondary N) is 2. The highest BCUT2D eigenvalue weighted by molar-refractivity contribution is 5.63. The van der Waals surface area contributed by atoms with E-state index in [1.54, 1.807) is 12.3 Å². The van der Waals surface area contributed by atoms with Gasteiger partial charge in [-0.2, -0.15) is 0 Å². The Labute approximate surface area is 108 Å². The van der Waals surface area contributed by atoms with Gasteiger partial charge in [0.05, 0.1) is 29.5 Å². The SMILES string of the molecule is CCNc1cncc(Nc2ccc(F)c(F)c2F)c1. The van der Waals surface area contributed by atoms with Gasteiger partial charge in [-0.25, -0.2) is 13.2 Å². The van der Waals surface area contributed by atoms with Gasteiger partial charge in [-0.15, -0.1) is 0 Å². The van der Waals surface area contributed by atoms with Crippen LogP contribution in [0.25, 0.3) is 0 Å². The molecule has 2 rings (SSSR count). The average molecular weight is 267 g/mol. The van der Waals surface area contributed by atoms with Gasteiger partial charge in [0.2, 0.25) is 0 Å². The van der Waals surface area contributed by atoms with Gasteiger partial charge in [0.1, 0.15) is 0 Å². The molecular weight excluding hydrogens is 255 g/mol. The molecule has 1 aromatic carbocycles. The molecule has 0 spiro atoms. The van der Waals surface area contributed by atoms with E-state index in [0.29, 0.717) is 12.2 Å². The maximum atomic E-state index is 13.5. The minimum absolute atomic E-state index is 0.144. The summed E-state index contributed by atoms with van der Waals surface area (Å²) < 4.78 is 39.4. The molecule has 0 bridgehead atoms. The lowest BCUT2D eigenvalue weighted by Gasteiger charge is -2.10. The van der Waals surface area contributed by atoms with Crippen LogP contribution in [-0.2, 0) is 0 Å². The first-order chi connectivity index (χ1) is 9.11. The third kappa shape index (κ3) is 2.96. The minimum atomic E-state index is -1.50. The lowest BCUT2D eigenvalue weighted by molar-refractivity contribution is 0.449. The number of anilines is 3. The number of benzene rings is 1. The molecule has 19 heavy (non-hydrogen) atoms. The molecule has 0 atom stereocenters. The number of aromatic nitrogens is 1. The highest BCUT2D eigenvalue weighted by Gasteiger charge is 2.13. The molecule has 1 aromatic heterocycles. The van der Waals surface area contributed by atoms with Gasteiger partial charge in [0.25, 0.3) is 0 Å². The molecule has 0 aliphatic rings. The van der Waals surface area contributed by atoms with Crippen molar-refractivity contribution in [3.8, 4) is 0 Å². The van der Waals surface area contributed by atoms with Crippen LogP contribution in [0.2, 0.25) is 0 Å². The van der Waals surface area contributed by atoms with Gasteiger partial charge in [0.15, 0.2) is 17.5 Å². The van der Waals surface area contributed by atoms with E-state index in [-0.39, 0.29) is 5.69 Å². The highest BCUT2D eigenvalue weighted by Crippen LogP contribution is 2.24. The Morgan fingerprint density at radius 3 is 2.53 bits per heavy atom. The zero-order valence-electron chi connectivity index (χ0n) is 10.2. The first-order valence-electron chi connectivity index (χ1n) is 5.71. The second kappa shape index (κ2) is 5.60. The summed E-state index contributed by atoms with van der Waals surface area (Å²) in [6, 6.07) is 3.69. The lowest BCUT2D eigenvalue weighted by atomic mass is 10.2. The first kappa shape index (κ1) is 13.2. The summed E-state index contributed by atoms with van der Waals surface area (Å²) in [4.78, 5) is 3.95. The van der Waals surface area contributed by atoms with E-state index >= 15 is 0 Å². The van der Waals surface area contributed by atoms with Crippen LogP contribution in [0.1, 0.15) is 6.92 Å². The summed E-state index contributed by atoms with van der Waals surface area (Å²) in [6.45, 7) is 2.64. The van der Waals surface area contributed by atoms with Crippen LogP contribution in [0.15, 0.2) is 30.6 Å². The van der Waals surface area contributed by atoms with Gasteiger partial charge in [-0.1, -0.05) is 0 Å². The number of nitrogens with zero attached hydrogens (tertiary/aromatic N) is 1. The second-order valence-corrected chi connectivity index (χ2v) is 3.84. The van der Waals surface area contributed by atoms with Gasteiger partial charge in [-0.3, -0.25) is 4.98 Å². The summed E-state index contributed by atoms with van der Waals surface area (Å²) in [5.41, 5.74) is 1.08. The Kier molecular flexibility index (Phi) is 3.89. The molecule has 0 aliphatic carbocycles. The summed E-state index contributed by atoms with van der Waals surface area (Å²) in [5, 5.41) is 5.69. The molecule has 0 fully saturated rings. The highest BCUT2D eigenvalue weighted by atomic mass is 19.2. The monoisotopic (exact) mass is 267 g/mol. The zero-order valence-corrected chi connectivity index (χ0v) is 10.2. The van der Waals surface area contributed by atoms with Crippen LogP contribution < -0.4 is 10.6 Å². The van der Waals surface area contributed by atoms with Crippen LogP contribution in [-0.4, -0.2) is 11.5 Å². The first-order valence-corrected chi connectivity index (χ1v) is 5.71. The average Bonchev–Trinajstić information content (AvgIpc) is 2.40. The van der Waals surface area contributed by atoms with Crippen molar-refractivity contribution in [1.82, 2.24) is 4.98 Å². The van der Waals surface area contributed by atoms with E-state index in [1.165, 1.54) is 6.20 Å². The fourth-order valence-corrected chi connectivity index (χ4v) is 1.59. The van der Waals surface area contributed by atoms with Crippen LogP contribution in [0.4, 0.5) is 30.2 Å². The minimum Gasteiger partial charge on any atom is -0.384 e. The van der Waals surface area contributed by atoms with Crippen molar-refractivity contribution in [2.45, 2.75) is 6.92 Å². The van der Waals surface area contributed by atoms with E-state index < -0.39 is 17.5 Å². The Bertz CT molecular complexity index is 587. The van der Waals surface area contributed by atoms with E-state index in [1.807, 2.05) is 6.92 Å². The molecule has 0 unspecified atom stereocenters. The van der Waals surface area contributed by atoms with E-state index in [0.717, 1.165) is 17.8 Å². The Hall–Kier alpha value is -2.24. The number of rotatable bonds is 4. The fourth-order valence-electron chi connectivity index (χ4n) is 1.59. The Morgan fingerprint density at radius 1 is 1.05 bits per heavy atom. The second-order valence-electron chi connectivity index (χ2n) is 3.84. The maximum absolute atomic E-state index is 13.5. The fraction of sp³-hybridized carbons (Fsp3) is 0.154. The molecule has 0 amide bonds. The molecular formula is C13H12F3N3. The third-order valence-corrected chi connectivity index (χ3v) is 2.43. The van der Waals surface area contributed by atoms with Crippen molar-refractivity contribution < 1.29 is 13.2 Å². The largest absolute Gasteiger partial charge is 0.384 e. The van der Waals surface area contributed by atoms with Crippen LogP contribution in [0, 0.1) is 17.5 Å². The maximum Gasteiger partial charge on any atom is 0.196 e. The van der Waals surface area contributed by atoms with Gasteiger partial charge in [-0.05, 0) is 25.1 Å². The Morgan fingerprint density at radius 2 is 1.79 bits per heavy atom. The van der Waals surface area contributed by atoms with Gasteiger partial charge < -0.3 is 10.6 Å². The standard InChI is InChI=1S/C13H12F3N3/c1-2-18-8-5-9(7-17-6-8)19-11-4-3-10(14)12(15)13(11)16/h3-7,18-19H,2H2,1H3. The van der Waals surface area contributed by atoms with E-state index in [2.05, 4.69) is 15.6 Å². The summed E-state index contributed by atoms with van der Waals surface area (Å²) >= 11 is 0. The molecule has 1 heterocycles. The molecule has 0 radical (unpaired) electrons. The van der Waals surface area contributed by atoms with Crippen LogP contribution in [0.3, 0.4) is 0 Å². The normalized spacial score (nSPS) is 10.3. The van der Waals surface area contributed by atoms with Crippen molar-refractivity contribution in [3.63, 3.8) is 0 Å². The molecule has 100 valence electrons. The molecule has 0 saturated heterocycles. The predicted molar refractivity (Wildman–Crippen MR) is 68.0 cm³/mol. The van der Waals surface area contributed by atoms with Crippen LogP contribution in [0.5, 0.6) is 0 Å². The molecule has 3 nitrogen and oxygen atoms in total. The topological polar surface area (TPSA) is 37.0 Å². The van der Waals surface area contributed by atoms with Crippen LogP contribution >= 0.6 is 0 Å². The zero-order chi connectivity index (χ0) is 13.8. The summed E-state index contributed by atoms with van der Waals surface area (Å²) in [5.74, 6) is -3.97. The third-order valence-electron chi connectivity index (χ3n) is 2.43. The molecule has 0 saturated carbocycles. The van der Waals surface area contributed by atoms with Gasteiger partial charge in [0, 0.05) is 6.54 Å². The lowest BCUT2D eigenvalue weighted by Crippen LogP contribution is -2.01. The number of hydrogen-bond acceptors (Lipinski definition) is 3. The van der Waals surface area contributed by atoms with E-state index in [9.17, 15) is 13.2 Å². The van der Waals surface area contributed by atoms with Crippen molar-refractivity contribution in [2.75, 3.05) is 17.2 Å². The molecule has 2 N–H and O–H groups in total. The number of hydrogen-bond donors (Lipinski definition) is 2.